The molecule has 4 aromatic rings. The molecule has 29 heavy (non-hydrogen) atoms. The number of carbonyl (C=O) groups excluding carboxylic acids is 1. The van der Waals surface area contributed by atoms with Crippen molar-refractivity contribution < 1.29 is 9.53 Å². The monoisotopic (exact) mass is 383 g/mol. The lowest BCUT2D eigenvalue weighted by atomic mass is 10.1. The number of imidazole rings is 1. The highest BCUT2D eigenvalue weighted by atomic mass is 16.5. The molecule has 0 aliphatic rings. The normalized spacial score (nSPS) is 11.6. The number of hydrogen-bond donors (Lipinski definition) is 1. The number of carbonyl (C=O) groups is 1. The van der Waals surface area contributed by atoms with Gasteiger partial charge in [-0.1, -0.05) is 54.6 Å². The molecule has 1 aromatic heterocycles. The number of aryl methyl sites for hydroxylation is 1. The van der Waals surface area contributed by atoms with Crippen molar-refractivity contribution in [2.75, 3.05) is 0 Å². The van der Waals surface area contributed by atoms with E-state index in [9.17, 15) is 4.79 Å². The van der Waals surface area contributed by atoms with E-state index in [0.717, 1.165) is 17.1 Å². The van der Waals surface area contributed by atoms with E-state index in [1.54, 1.807) is 18.3 Å². The van der Waals surface area contributed by atoms with Gasteiger partial charge in [0.15, 0.2) is 0 Å². The van der Waals surface area contributed by atoms with Crippen molar-refractivity contribution in [1.82, 2.24) is 14.9 Å². The zero-order valence-electron chi connectivity index (χ0n) is 16.0. The van der Waals surface area contributed by atoms with Crippen molar-refractivity contribution in [3.63, 3.8) is 0 Å². The molecule has 4 rings (SSSR count). The third-order valence-corrected chi connectivity index (χ3v) is 4.60. The Hall–Kier alpha value is -3.86. The van der Waals surface area contributed by atoms with Gasteiger partial charge in [0.25, 0.3) is 5.91 Å². The highest BCUT2D eigenvalue weighted by Gasteiger charge is 2.21. The minimum absolute atomic E-state index is 0.194. The summed E-state index contributed by atoms with van der Waals surface area (Å²) < 4.78 is 7.76. The molecule has 0 saturated heterocycles. The van der Waals surface area contributed by atoms with Crippen LogP contribution in [0.15, 0.2) is 97.3 Å². The summed E-state index contributed by atoms with van der Waals surface area (Å²) in [6.45, 7) is 0. The molecule has 0 fully saturated rings. The molecule has 1 atom stereocenters. The van der Waals surface area contributed by atoms with Gasteiger partial charge in [-0.3, -0.25) is 4.79 Å². The third kappa shape index (κ3) is 4.35. The minimum Gasteiger partial charge on any atom is -0.457 e. The highest BCUT2D eigenvalue weighted by molar-refractivity contribution is 5.95. The molecule has 3 aromatic carbocycles. The van der Waals surface area contributed by atoms with Crippen LogP contribution in [0, 0.1) is 0 Å². The van der Waals surface area contributed by atoms with E-state index < -0.39 is 0 Å². The Labute approximate surface area is 169 Å². The molecule has 1 heterocycles. The lowest BCUT2D eigenvalue weighted by Crippen LogP contribution is -2.31. The van der Waals surface area contributed by atoms with Gasteiger partial charge in [-0.05, 0) is 35.9 Å². The Morgan fingerprint density at radius 1 is 0.931 bits per heavy atom. The molecule has 0 radical (unpaired) electrons. The van der Waals surface area contributed by atoms with Gasteiger partial charge < -0.3 is 14.6 Å². The number of ether oxygens (including phenoxy) is 1. The van der Waals surface area contributed by atoms with Gasteiger partial charge in [-0.25, -0.2) is 4.98 Å². The number of aromatic nitrogens is 2. The van der Waals surface area contributed by atoms with Gasteiger partial charge >= 0.3 is 0 Å². The Morgan fingerprint density at radius 3 is 2.31 bits per heavy atom. The van der Waals surface area contributed by atoms with Crippen LogP contribution in [0.4, 0.5) is 0 Å². The third-order valence-electron chi connectivity index (χ3n) is 4.60. The van der Waals surface area contributed by atoms with E-state index in [-0.39, 0.29) is 11.9 Å². The lowest BCUT2D eigenvalue weighted by molar-refractivity contribution is 0.0941. The molecule has 0 aliphatic carbocycles. The van der Waals surface area contributed by atoms with Gasteiger partial charge in [0.1, 0.15) is 23.4 Å². The van der Waals surface area contributed by atoms with Crippen molar-refractivity contribution in [1.29, 1.82) is 0 Å². The van der Waals surface area contributed by atoms with Gasteiger partial charge in [0, 0.05) is 25.0 Å². The predicted octanol–water partition coefficient (Wildman–Crippen LogP) is 4.73. The first-order valence-electron chi connectivity index (χ1n) is 9.37. The summed E-state index contributed by atoms with van der Waals surface area (Å²) in [5, 5.41) is 3.11. The van der Waals surface area contributed by atoms with E-state index >= 15 is 0 Å². The molecular formula is C24H21N3O2. The quantitative estimate of drug-likeness (QED) is 0.524. The van der Waals surface area contributed by atoms with Crippen molar-refractivity contribution in [2.45, 2.75) is 6.04 Å². The first-order valence-corrected chi connectivity index (χ1v) is 9.37. The highest BCUT2D eigenvalue weighted by Crippen LogP contribution is 2.24. The van der Waals surface area contributed by atoms with E-state index in [1.165, 1.54) is 0 Å². The summed E-state index contributed by atoms with van der Waals surface area (Å²) in [5.74, 6) is 1.90. The van der Waals surface area contributed by atoms with Crippen LogP contribution < -0.4 is 10.1 Å². The molecule has 0 aliphatic heterocycles. The summed E-state index contributed by atoms with van der Waals surface area (Å²) in [6.07, 6.45) is 3.59. The second-order valence-electron chi connectivity index (χ2n) is 6.66. The summed E-state index contributed by atoms with van der Waals surface area (Å²) in [6, 6.07) is 26.1. The van der Waals surface area contributed by atoms with Gasteiger partial charge in [0.05, 0.1) is 0 Å². The smallest absolute Gasteiger partial charge is 0.252 e. The van der Waals surface area contributed by atoms with Crippen molar-refractivity contribution in [3.05, 3.63) is 114 Å². The number of rotatable bonds is 6. The topological polar surface area (TPSA) is 56.2 Å². The molecule has 1 amide bonds. The number of nitrogens with zero attached hydrogens (tertiary/aromatic N) is 2. The average molecular weight is 383 g/mol. The molecule has 144 valence electrons. The molecule has 5 heteroatoms. The Balaban J connectivity index is 1.58. The molecule has 0 saturated carbocycles. The largest absolute Gasteiger partial charge is 0.457 e. The number of hydrogen-bond acceptors (Lipinski definition) is 3. The number of amides is 1. The zero-order valence-corrected chi connectivity index (χ0v) is 16.0. The number of para-hydroxylation sites is 1. The molecule has 5 nitrogen and oxygen atoms in total. The minimum atomic E-state index is -0.359. The van der Waals surface area contributed by atoms with E-state index in [0.29, 0.717) is 11.3 Å². The SMILES string of the molecule is Cn1ccnc1C(NC(=O)c1cccc(Oc2ccccc2)c1)c1ccccc1. The van der Waals surface area contributed by atoms with Crippen LogP contribution in [0.3, 0.4) is 0 Å². The fraction of sp³-hybridized carbons (Fsp3) is 0.0833. The first-order chi connectivity index (χ1) is 14.2. The Kier molecular flexibility index (Phi) is 5.38. The van der Waals surface area contributed by atoms with Gasteiger partial charge in [-0.2, -0.15) is 0 Å². The predicted molar refractivity (Wildman–Crippen MR) is 112 cm³/mol. The molecular weight excluding hydrogens is 362 g/mol. The van der Waals surface area contributed by atoms with Crippen LogP contribution in [-0.2, 0) is 7.05 Å². The standard InChI is InChI=1S/C24H21N3O2/c1-27-16-15-25-23(27)22(18-9-4-2-5-10-18)26-24(28)19-11-8-14-21(17-19)29-20-12-6-3-7-13-20/h2-17,22H,1H3,(H,26,28). The average Bonchev–Trinajstić information content (AvgIpc) is 3.19. The van der Waals surface area contributed by atoms with Crippen LogP contribution in [0.1, 0.15) is 27.8 Å². The van der Waals surface area contributed by atoms with Crippen LogP contribution in [0.25, 0.3) is 0 Å². The summed E-state index contributed by atoms with van der Waals surface area (Å²) >= 11 is 0. The molecule has 0 bridgehead atoms. The van der Waals surface area contributed by atoms with E-state index in [2.05, 4.69) is 10.3 Å². The van der Waals surface area contributed by atoms with Crippen LogP contribution in [0.5, 0.6) is 11.5 Å². The number of nitrogens with one attached hydrogen (secondary N) is 1. The molecule has 1 N–H and O–H groups in total. The number of benzene rings is 3. The van der Waals surface area contributed by atoms with Crippen molar-refractivity contribution in [2.24, 2.45) is 7.05 Å². The maximum atomic E-state index is 13.0. The van der Waals surface area contributed by atoms with Gasteiger partial charge in [0.2, 0.25) is 0 Å². The summed E-state index contributed by atoms with van der Waals surface area (Å²) in [4.78, 5) is 17.5. The second kappa shape index (κ2) is 8.44. The molecule has 1 unspecified atom stereocenters. The Bertz CT molecular complexity index is 1090. The lowest BCUT2D eigenvalue weighted by Gasteiger charge is -2.19. The van der Waals surface area contributed by atoms with Gasteiger partial charge in [-0.15, -0.1) is 0 Å². The second-order valence-corrected chi connectivity index (χ2v) is 6.66. The summed E-state index contributed by atoms with van der Waals surface area (Å²) in [5.41, 5.74) is 1.49. The van der Waals surface area contributed by atoms with E-state index in [4.69, 9.17) is 4.74 Å². The Morgan fingerprint density at radius 2 is 1.62 bits per heavy atom. The van der Waals surface area contributed by atoms with Crippen molar-refractivity contribution >= 4 is 5.91 Å². The fourth-order valence-corrected chi connectivity index (χ4v) is 3.14. The zero-order chi connectivity index (χ0) is 20.1. The van der Waals surface area contributed by atoms with Crippen LogP contribution in [0.2, 0.25) is 0 Å². The van der Waals surface area contributed by atoms with E-state index in [1.807, 2.05) is 90.6 Å². The first kappa shape index (κ1) is 18.5. The maximum Gasteiger partial charge on any atom is 0.252 e. The van der Waals surface area contributed by atoms with Crippen LogP contribution in [-0.4, -0.2) is 15.5 Å². The molecule has 0 spiro atoms. The van der Waals surface area contributed by atoms with Crippen LogP contribution >= 0.6 is 0 Å². The fourth-order valence-electron chi connectivity index (χ4n) is 3.14. The van der Waals surface area contributed by atoms with Crippen molar-refractivity contribution in [3.8, 4) is 11.5 Å². The maximum absolute atomic E-state index is 13.0. The summed E-state index contributed by atoms with van der Waals surface area (Å²) in [7, 11) is 1.92.